The maximum Gasteiger partial charge on any atom is 0.357 e. The average molecular weight is 273 g/mol. The standard InChI is InChI=1S/C10H15N3O4S/c1-6-9(8(10(14)15)13-12-6)18(16,17)11-5-7-3-2-4-7/h7,11H,2-5H2,1H3,(H,12,13)(H,14,15). The number of nitrogens with zero attached hydrogens (tertiary/aromatic N) is 1. The Labute approximate surface area is 105 Å². The van der Waals surface area contributed by atoms with Crippen LogP contribution in [0.2, 0.25) is 0 Å². The molecule has 3 N–H and O–H groups in total. The first-order valence-corrected chi connectivity index (χ1v) is 7.18. The van der Waals surface area contributed by atoms with Gasteiger partial charge >= 0.3 is 5.97 Å². The fourth-order valence-electron chi connectivity index (χ4n) is 1.89. The number of rotatable bonds is 5. The average Bonchev–Trinajstić information content (AvgIpc) is 2.58. The number of hydrogen-bond acceptors (Lipinski definition) is 4. The highest BCUT2D eigenvalue weighted by Gasteiger charge is 2.29. The first kappa shape index (κ1) is 13.0. The third kappa shape index (κ3) is 2.39. The van der Waals surface area contributed by atoms with E-state index in [9.17, 15) is 13.2 Å². The summed E-state index contributed by atoms with van der Waals surface area (Å²) in [5.74, 6) is -0.997. The van der Waals surface area contributed by atoms with Crippen LogP contribution >= 0.6 is 0 Å². The maximum absolute atomic E-state index is 12.0. The molecule has 0 amide bonds. The number of aromatic nitrogens is 2. The van der Waals surface area contributed by atoms with Crippen LogP contribution in [0.25, 0.3) is 0 Å². The van der Waals surface area contributed by atoms with E-state index in [4.69, 9.17) is 5.11 Å². The lowest BCUT2D eigenvalue weighted by Gasteiger charge is -2.25. The molecule has 1 fully saturated rings. The molecule has 0 bridgehead atoms. The summed E-state index contributed by atoms with van der Waals surface area (Å²) in [6.45, 7) is 1.84. The van der Waals surface area contributed by atoms with Crippen LogP contribution in [0.5, 0.6) is 0 Å². The summed E-state index contributed by atoms with van der Waals surface area (Å²) in [5.41, 5.74) is -0.234. The lowest BCUT2D eigenvalue weighted by Crippen LogP contribution is -2.33. The molecule has 0 spiro atoms. The number of aryl methyl sites for hydroxylation is 1. The van der Waals surface area contributed by atoms with Crippen LogP contribution < -0.4 is 4.72 Å². The van der Waals surface area contributed by atoms with Gasteiger partial charge < -0.3 is 5.11 Å². The highest BCUT2D eigenvalue weighted by Crippen LogP contribution is 2.26. The second-order valence-electron chi connectivity index (χ2n) is 4.48. The van der Waals surface area contributed by atoms with Gasteiger partial charge in [-0.2, -0.15) is 5.10 Å². The number of aromatic amines is 1. The van der Waals surface area contributed by atoms with Crippen molar-refractivity contribution in [3.8, 4) is 0 Å². The van der Waals surface area contributed by atoms with E-state index < -0.39 is 21.7 Å². The zero-order chi connectivity index (χ0) is 13.3. The maximum atomic E-state index is 12.0. The van der Waals surface area contributed by atoms with Gasteiger partial charge in [0.2, 0.25) is 10.0 Å². The molecule has 1 aromatic rings. The second kappa shape index (κ2) is 4.69. The summed E-state index contributed by atoms with van der Waals surface area (Å²) in [6, 6.07) is 0. The Hall–Kier alpha value is -1.41. The van der Waals surface area contributed by atoms with Crippen molar-refractivity contribution in [1.29, 1.82) is 0 Å². The highest BCUT2D eigenvalue weighted by atomic mass is 32.2. The van der Waals surface area contributed by atoms with Gasteiger partial charge in [-0.15, -0.1) is 0 Å². The predicted molar refractivity (Wildman–Crippen MR) is 62.8 cm³/mol. The summed E-state index contributed by atoms with van der Waals surface area (Å²) in [5, 5.41) is 14.8. The molecule has 0 atom stereocenters. The minimum Gasteiger partial charge on any atom is -0.476 e. The molecule has 0 unspecified atom stereocenters. The molecule has 8 heteroatoms. The molecule has 7 nitrogen and oxygen atoms in total. The Morgan fingerprint density at radius 1 is 1.56 bits per heavy atom. The van der Waals surface area contributed by atoms with Crippen molar-refractivity contribution < 1.29 is 18.3 Å². The molecule has 0 aliphatic heterocycles. The fourth-order valence-corrected chi connectivity index (χ4v) is 3.33. The Morgan fingerprint density at radius 3 is 2.72 bits per heavy atom. The normalized spacial score (nSPS) is 16.5. The summed E-state index contributed by atoms with van der Waals surface area (Å²) >= 11 is 0. The van der Waals surface area contributed by atoms with Crippen LogP contribution in [0.3, 0.4) is 0 Å². The first-order valence-electron chi connectivity index (χ1n) is 5.69. The molecule has 1 aromatic heterocycles. The van der Waals surface area contributed by atoms with Crippen molar-refractivity contribution in [2.75, 3.05) is 6.54 Å². The SMILES string of the molecule is Cc1[nH]nc(C(=O)O)c1S(=O)(=O)NCC1CCC1. The van der Waals surface area contributed by atoms with Gasteiger partial charge in [0.25, 0.3) is 0 Å². The van der Waals surface area contributed by atoms with Gasteiger partial charge in [0, 0.05) is 6.54 Å². The lowest BCUT2D eigenvalue weighted by atomic mass is 9.86. The number of sulfonamides is 1. The van der Waals surface area contributed by atoms with Crippen molar-refractivity contribution in [3.63, 3.8) is 0 Å². The molecule has 0 saturated heterocycles. The summed E-state index contributed by atoms with van der Waals surface area (Å²) < 4.78 is 26.5. The zero-order valence-corrected chi connectivity index (χ0v) is 10.7. The van der Waals surface area contributed by atoms with Gasteiger partial charge in [-0.1, -0.05) is 6.42 Å². The first-order chi connectivity index (χ1) is 8.42. The summed E-state index contributed by atoms with van der Waals surface area (Å²) in [4.78, 5) is 10.6. The number of nitrogens with one attached hydrogen (secondary N) is 2. The highest BCUT2D eigenvalue weighted by molar-refractivity contribution is 7.89. The van der Waals surface area contributed by atoms with E-state index in [0.29, 0.717) is 12.5 Å². The molecule has 1 aliphatic rings. The van der Waals surface area contributed by atoms with Crippen LogP contribution in [0.1, 0.15) is 35.4 Å². The van der Waals surface area contributed by atoms with E-state index in [0.717, 1.165) is 19.3 Å². The minimum atomic E-state index is -3.82. The molecule has 2 rings (SSSR count). The number of H-pyrrole nitrogens is 1. The van der Waals surface area contributed by atoms with Crippen molar-refractivity contribution in [1.82, 2.24) is 14.9 Å². The number of carboxylic acids is 1. The predicted octanol–water partition coefficient (Wildman–Crippen LogP) is 0.495. The molecule has 0 aromatic carbocycles. The van der Waals surface area contributed by atoms with Gasteiger partial charge in [0.15, 0.2) is 5.69 Å². The molecule has 1 aliphatic carbocycles. The number of carboxylic acid groups (broad SMARTS) is 1. The molecule has 0 radical (unpaired) electrons. The Morgan fingerprint density at radius 2 is 2.22 bits per heavy atom. The zero-order valence-electron chi connectivity index (χ0n) is 9.93. The Balaban J connectivity index is 2.22. The van der Waals surface area contributed by atoms with Crippen LogP contribution in [0.4, 0.5) is 0 Å². The monoisotopic (exact) mass is 273 g/mol. The smallest absolute Gasteiger partial charge is 0.357 e. The number of aromatic carboxylic acids is 1. The van der Waals surface area contributed by atoms with Crippen LogP contribution in [0.15, 0.2) is 4.90 Å². The van der Waals surface area contributed by atoms with Crippen molar-refractivity contribution in [2.45, 2.75) is 31.1 Å². The molecular formula is C10H15N3O4S. The van der Waals surface area contributed by atoms with E-state index in [-0.39, 0.29) is 10.6 Å². The molecule has 100 valence electrons. The van der Waals surface area contributed by atoms with E-state index >= 15 is 0 Å². The van der Waals surface area contributed by atoms with Crippen LogP contribution in [-0.2, 0) is 10.0 Å². The third-order valence-electron chi connectivity index (χ3n) is 3.15. The number of hydrogen-bond donors (Lipinski definition) is 3. The van der Waals surface area contributed by atoms with Crippen molar-refractivity contribution in [3.05, 3.63) is 11.4 Å². The van der Waals surface area contributed by atoms with Gasteiger partial charge in [-0.25, -0.2) is 17.9 Å². The van der Waals surface area contributed by atoms with Gasteiger partial charge in [-0.3, -0.25) is 5.10 Å². The summed E-state index contributed by atoms with van der Waals surface area (Å²) in [7, 11) is -3.82. The molecule has 1 saturated carbocycles. The van der Waals surface area contributed by atoms with Crippen molar-refractivity contribution >= 4 is 16.0 Å². The quantitative estimate of drug-likeness (QED) is 0.723. The van der Waals surface area contributed by atoms with Gasteiger partial charge in [-0.05, 0) is 25.7 Å². The topological polar surface area (TPSA) is 112 Å². The largest absolute Gasteiger partial charge is 0.476 e. The van der Waals surface area contributed by atoms with E-state index in [1.165, 1.54) is 6.92 Å². The second-order valence-corrected chi connectivity index (χ2v) is 6.18. The fraction of sp³-hybridized carbons (Fsp3) is 0.600. The van der Waals surface area contributed by atoms with Gasteiger partial charge in [0.05, 0.1) is 5.69 Å². The Bertz CT molecular complexity index is 560. The Kier molecular flexibility index (Phi) is 3.40. The van der Waals surface area contributed by atoms with Crippen molar-refractivity contribution in [2.24, 2.45) is 5.92 Å². The minimum absolute atomic E-state index is 0.230. The molecular weight excluding hydrogens is 258 g/mol. The summed E-state index contributed by atoms with van der Waals surface area (Å²) in [6.07, 6.45) is 3.15. The third-order valence-corrected chi connectivity index (χ3v) is 4.73. The number of carbonyl (C=O) groups is 1. The molecule has 1 heterocycles. The van der Waals surface area contributed by atoms with E-state index in [1.54, 1.807) is 0 Å². The van der Waals surface area contributed by atoms with Gasteiger partial charge in [0.1, 0.15) is 4.90 Å². The van der Waals surface area contributed by atoms with Crippen LogP contribution in [0, 0.1) is 12.8 Å². The molecule has 18 heavy (non-hydrogen) atoms. The lowest BCUT2D eigenvalue weighted by molar-refractivity contribution is 0.0686. The van der Waals surface area contributed by atoms with Crippen LogP contribution in [-0.4, -0.2) is 36.2 Å². The van der Waals surface area contributed by atoms with E-state index in [2.05, 4.69) is 14.9 Å². The van der Waals surface area contributed by atoms with E-state index in [1.807, 2.05) is 0 Å².